The Morgan fingerprint density at radius 2 is 1.88 bits per heavy atom. The average molecular weight is 413 g/mol. The highest BCUT2D eigenvalue weighted by Crippen LogP contribution is 2.15. The maximum absolute atomic E-state index is 11.9. The molecule has 1 atom stereocenters. The Bertz CT molecular complexity index is 542. The molecule has 0 aliphatic carbocycles. The van der Waals surface area contributed by atoms with Crippen molar-refractivity contribution in [1.29, 1.82) is 0 Å². The third kappa shape index (κ3) is 9.63. The minimum Gasteiger partial charge on any atom is -0.465 e. The SMILES string of the molecule is CCCC(OC(=O)CCCC(=O)OCCc1cccc(Br)c1)C(C)C. The van der Waals surface area contributed by atoms with Gasteiger partial charge in [-0.2, -0.15) is 0 Å². The lowest BCUT2D eigenvalue weighted by atomic mass is 10.0. The van der Waals surface area contributed by atoms with Crippen molar-refractivity contribution >= 4 is 27.9 Å². The van der Waals surface area contributed by atoms with Crippen LogP contribution in [0.15, 0.2) is 28.7 Å². The lowest BCUT2D eigenvalue weighted by Crippen LogP contribution is -2.23. The molecule has 1 rings (SSSR count). The average Bonchev–Trinajstić information content (AvgIpc) is 2.54. The molecule has 0 amide bonds. The summed E-state index contributed by atoms with van der Waals surface area (Å²) in [5, 5.41) is 0. The Kier molecular flexibility index (Phi) is 10.5. The number of esters is 2. The van der Waals surface area contributed by atoms with Crippen molar-refractivity contribution in [2.45, 2.75) is 65.4 Å². The smallest absolute Gasteiger partial charge is 0.306 e. The standard InChI is InChI=1S/C20H29BrO4/c1-4-7-18(15(2)3)25-20(23)11-6-10-19(22)24-13-12-16-8-5-9-17(21)14-16/h5,8-9,14-15,18H,4,6-7,10-13H2,1-3H3. The number of rotatable bonds is 11. The van der Waals surface area contributed by atoms with Crippen LogP contribution in [0.25, 0.3) is 0 Å². The molecule has 0 bridgehead atoms. The van der Waals surface area contributed by atoms with Crippen LogP contribution in [0.3, 0.4) is 0 Å². The van der Waals surface area contributed by atoms with Gasteiger partial charge in [-0.3, -0.25) is 9.59 Å². The fourth-order valence-corrected chi connectivity index (χ4v) is 2.91. The van der Waals surface area contributed by atoms with E-state index in [2.05, 4.69) is 36.7 Å². The molecular weight excluding hydrogens is 384 g/mol. The summed E-state index contributed by atoms with van der Waals surface area (Å²) in [4.78, 5) is 23.6. The largest absolute Gasteiger partial charge is 0.465 e. The summed E-state index contributed by atoms with van der Waals surface area (Å²) >= 11 is 3.41. The highest BCUT2D eigenvalue weighted by atomic mass is 79.9. The molecule has 4 nitrogen and oxygen atoms in total. The molecule has 25 heavy (non-hydrogen) atoms. The van der Waals surface area contributed by atoms with Crippen molar-refractivity contribution in [1.82, 2.24) is 0 Å². The first-order valence-electron chi connectivity index (χ1n) is 9.02. The van der Waals surface area contributed by atoms with Crippen molar-refractivity contribution in [2.24, 2.45) is 5.92 Å². The van der Waals surface area contributed by atoms with Crippen LogP contribution in [0, 0.1) is 5.92 Å². The zero-order valence-electron chi connectivity index (χ0n) is 15.4. The predicted molar refractivity (Wildman–Crippen MR) is 102 cm³/mol. The van der Waals surface area contributed by atoms with Gasteiger partial charge in [0.15, 0.2) is 0 Å². The molecule has 0 aromatic heterocycles. The molecule has 1 unspecified atom stereocenters. The second-order valence-electron chi connectivity index (χ2n) is 6.51. The third-order valence-electron chi connectivity index (χ3n) is 3.90. The second kappa shape index (κ2) is 12.1. The van der Waals surface area contributed by atoms with Crippen LogP contribution in [0.2, 0.25) is 0 Å². The monoisotopic (exact) mass is 412 g/mol. The summed E-state index contributed by atoms with van der Waals surface area (Å²) < 4.78 is 11.7. The number of carbonyl (C=O) groups excluding carboxylic acids is 2. The molecule has 1 aromatic carbocycles. The zero-order chi connectivity index (χ0) is 18.7. The van der Waals surface area contributed by atoms with Crippen LogP contribution in [0.5, 0.6) is 0 Å². The normalized spacial score (nSPS) is 12.0. The van der Waals surface area contributed by atoms with E-state index in [1.165, 1.54) is 0 Å². The number of hydrogen-bond acceptors (Lipinski definition) is 4. The number of carbonyl (C=O) groups is 2. The first kappa shape index (κ1) is 21.7. The van der Waals surface area contributed by atoms with Gasteiger partial charge in [0.2, 0.25) is 0 Å². The second-order valence-corrected chi connectivity index (χ2v) is 7.43. The Morgan fingerprint density at radius 3 is 2.52 bits per heavy atom. The molecule has 0 fully saturated rings. The van der Waals surface area contributed by atoms with Gasteiger partial charge in [0.1, 0.15) is 6.10 Å². The maximum atomic E-state index is 11.9. The van der Waals surface area contributed by atoms with Crippen LogP contribution in [-0.2, 0) is 25.5 Å². The van der Waals surface area contributed by atoms with Gasteiger partial charge in [0, 0.05) is 23.7 Å². The van der Waals surface area contributed by atoms with E-state index in [0.717, 1.165) is 22.9 Å². The molecule has 0 N–H and O–H groups in total. The van der Waals surface area contributed by atoms with Crippen LogP contribution in [0.1, 0.15) is 58.4 Å². The van der Waals surface area contributed by atoms with Crippen molar-refractivity contribution in [3.05, 3.63) is 34.3 Å². The molecule has 0 heterocycles. The molecule has 0 spiro atoms. The van der Waals surface area contributed by atoms with Crippen molar-refractivity contribution in [3.8, 4) is 0 Å². The van der Waals surface area contributed by atoms with E-state index in [1.807, 2.05) is 24.3 Å². The highest BCUT2D eigenvalue weighted by Gasteiger charge is 2.17. The van der Waals surface area contributed by atoms with E-state index in [4.69, 9.17) is 9.47 Å². The fourth-order valence-electron chi connectivity index (χ4n) is 2.47. The van der Waals surface area contributed by atoms with Crippen LogP contribution >= 0.6 is 15.9 Å². The van der Waals surface area contributed by atoms with Gasteiger partial charge in [0.05, 0.1) is 6.61 Å². The van der Waals surface area contributed by atoms with Gasteiger partial charge in [-0.15, -0.1) is 0 Å². The molecule has 5 heteroatoms. The van der Waals surface area contributed by atoms with Gasteiger partial charge in [-0.05, 0) is 36.5 Å². The first-order valence-corrected chi connectivity index (χ1v) is 9.81. The number of halogens is 1. The number of ether oxygens (including phenoxy) is 2. The molecule has 0 aliphatic rings. The summed E-state index contributed by atoms with van der Waals surface area (Å²) in [6.45, 7) is 6.53. The van der Waals surface area contributed by atoms with Crippen molar-refractivity contribution in [3.63, 3.8) is 0 Å². The predicted octanol–water partition coefficient (Wildman–Crippen LogP) is 5.07. The topological polar surface area (TPSA) is 52.6 Å². The van der Waals surface area contributed by atoms with Gasteiger partial charge in [-0.1, -0.05) is 55.3 Å². The summed E-state index contributed by atoms with van der Waals surface area (Å²) in [7, 11) is 0. The minimum absolute atomic E-state index is 0.0327. The molecule has 140 valence electrons. The molecule has 1 aromatic rings. The molecule has 0 saturated carbocycles. The molecule has 0 aliphatic heterocycles. The van der Waals surface area contributed by atoms with Crippen LogP contribution < -0.4 is 0 Å². The third-order valence-corrected chi connectivity index (χ3v) is 4.40. The number of hydrogen-bond donors (Lipinski definition) is 0. The van der Waals surface area contributed by atoms with E-state index >= 15 is 0 Å². The van der Waals surface area contributed by atoms with Crippen LogP contribution in [-0.4, -0.2) is 24.6 Å². The summed E-state index contributed by atoms with van der Waals surface area (Å²) in [5.74, 6) is -0.183. The Balaban J connectivity index is 2.18. The quantitative estimate of drug-likeness (QED) is 0.475. The highest BCUT2D eigenvalue weighted by molar-refractivity contribution is 9.10. The van der Waals surface area contributed by atoms with E-state index in [-0.39, 0.29) is 30.9 Å². The fraction of sp³-hybridized carbons (Fsp3) is 0.600. The van der Waals surface area contributed by atoms with Gasteiger partial charge in [0.25, 0.3) is 0 Å². The summed E-state index contributed by atoms with van der Waals surface area (Å²) in [6.07, 6.45) is 3.48. The summed E-state index contributed by atoms with van der Waals surface area (Å²) in [5.41, 5.74) is 1.11. The lowest BCUT2D eigenvalue weighted by molar-refractivity contribution is -0.152. The van der Waals surface area contributed by atoms with E-state index < -0.39 is 0 Å². The van der Waals surface area contributed by atoms with Gasteiger partial charge in [-0.25, -0.2) is 0 Å². The Hall–Kier alpha value is -1.36. The van der Waals surface area contributed by atoms with Gasteiger partial charge < -0.3 is 9.47 Å². The van der Waals surface area contributed by atoms with E-state index in [1.54, 1.807) is 0 Å². The molecule has 0 saturated heterocycles. The maximum Gasteiger partial charge on any atom is 0.306 e. The van der Waals surface area contributed by atoms with E-state index in [0.29, 0.717) is 25.4 Å². The van der Waals surface area contributed by atoms with Gasteiger partial charge >= 0.3 is 11.9 Å². The summed E-state index contributed by atoms with van der Waals surface area (Å²) in [6, 6.07) is 7.91. The Labute approximate surface area is 159 Å². The minimum atomic E-state index is -0.267. The van der Waals surface area contributed by atoms with Crippen molar-refractivity contribution < 1.29 is 19.1 Å². The zero-order valence-corrected chi connectivity index (χ0v) is 17.0. The number of benzene rings is 1. The lowest BCUT2D eigenvalue weighted by Gasteiger charge is -2.20. The Morgan fingerprint density at radius 1 is 1.16 bits per heavy atom. The molecular formula is C20H29BrO4. The van der Waals surface area contributed by atoms with Crippen molar-refractivity contribution in [2.75, 3.05) is 6.61 Å². The van der Waals surface area contributed by atoms with Crippen LogP contribution in [0.4, 0.5) is 0 Å². The van der Waals surface area contributed by atoms with E-state index in [9.17, 15) is 9.59 Å². The first-order chi connectivity index (χ1) is 11.9. The molecule has 0 radical (unpaired) electrons.